The van der Waals surface area contributed by atoms with Gasteiger partial charge in [0, 0.05) is 10.4 Å². The van der Waals surface area contributed by atoms with Gasteiger partial charge in [-0.05, 0) is 40.5 Å². The molecule has 0 amide bonds. The van der Waals surface area contributed by atoms with Gasteiger partial charge in [-0.1, -0.05) is 23.6 Å². The Labute approximate surface area is 86.1 Å². The second kappa shape index (κ2) is 3.98. The normalized spacial score (nSPS) is 12.2. The van der Waals surface area contributed by atoms with Gasteiger partial charge in [0.2, 0.25) is 0 Å². The quantitative estimate of drug-likeness (QED) is 0.658. The maximum atomic E-state index is 5.90. The summed E-state index contributed by atoms with van der Waals surface area (Å²) in [6.07, 6.45) is 5.29. The molecule has 1 unspecified atom stereocenters. The number of terminal acetylenes is 1. The van der Waals surface area contributed by atoms with E-state index in [1.54, 1.807) is 0 Å². The van der Waals surface area contributed by atoms with Crippen LogP contribution in [-0.2, 0) is 0 Å². The lowest BCUT2D eigenvalue weighted by Gasteiger charge is -2.05. The Morgan fingerprint density at radius 2 is 2.25 bits per heavy atom. The first-order valence-corrected chi connectivity index (χ1v) is 4.73. The van der Waals surface area contributed by atoms with Crippen molar-refractivity contribution in [1.82, 2.24) is 0 Å². The molecule has 0 radical (unpaired) electrons. The summed E-state index contributed by atoms with van der Waals surface area (Å²) < 4.78 is 0.900. The van der Waals surface area contributed by atoms with E-state index in [1.807, 2.05) is 25.1 Å². The summed E-state index contributed by atoms with van der Waals surface area (Å²) in [5, 5.41) is 0.703. The average Bonchev–Trinajstić information content (AvgIpc) is 2.08. The largest absolute Gasteiger partial charge is 0.119 e. The van der Waals surface area contributed by atoms with Crippen LogP contribution in [0, 0.1) is 12.3 Å². The molecular formula is C10H8BrCl. The van der Waals surface area contributed by atoms with Gasteiger partial charge in [0.15, 0.2) is 0 Å². The van der Waals surface area contributed by atoms with Crippen molar-refractivity contribution >= 4 is 27.5 Å². The third-order valence-electron chi connectivity index (χ3n) is 1.69. The van der Waals surface area contributed by atoms with Gasteiger partial charge in [-0.15, -0.1) is 6.42 Å². The minimum absolute atomic E-state index is 0.121. The summed E-state index contributed by atoms with van der Waals surface area (Å²) in [5.74, 6) is 2.77. The van der Waals surface area contributed by atoms with Crippen LogP contribution < -0.4 is 0 Å². The first kappa shape index (κ1) is 9.64. The fourth-order valence-corrected chi connectivity index (χ4v) is 1.31. The zero-order chi connectivity index (χ0) is 9.14. The monoisotopic (exact) mass is 242 g/mol. The molecule has 12 heavy (non-hydrogen) atoms. The molecule has 0 bridgehead atoms. The molecule has 1 aromatic rings. The standard InChI is InChI=1S/C10H8BrCl/c1-3-7(2)8-4-5-9(11)10(12)6-8/h1,4-7H,2H3. The zero-order valence-corrected chi connectivity index (χ0v) is 8.98. The summed E-state index contributed by atoms with van der Waals surface area (Å²) in [6, 6.07) is 5.77. The van der Waals surface area contributed by atoms with Crippen molar-refractivity contribution in [2.75, 3.05) is 0 Å². The van der Waals surface area contributed by atoms with E-state index in [0.717, 1.165) is 10.0 Å². The minimum atomic E-state index is 0.121. The lowest BCUT2D eigenvalue weighted by atomic mass is 10.0. The lowest BCUT2D eigenvalue weighted by Crippen LogP contribution is -1.88. The maximum absolute atomic E-state index is 5.90. The lowest BCUT2D eigenvalue weighted by molar-refractivity contribution is 1.01. The molecule has 62 valence electrons. The number of halogens is 2. The van der Waals surface area contributed by atoms with E-state index >= 15 is 0 Å². The number of benzene rings is 1. The zero-order valence-electron chi connectivity index (χ0n) is 6.64. The molecule has 1 aromatic carbocycles. The predicted octanol–water partition coefficient (Wildman–Crippen LogP) is 3.84. The highest BCUT2D eigenvalue weighted by Gasteiger charge is 2.03. The van der Waals surface area contributed by atoms with E-state index in [2.05, 4.69) is 21.9 Å². The van der Waals surface area contributed by atoms with E-state index in [1.165, 1.54) is 0 Å². The van der Waals surface area contributed by atoms with Crippen LogP contribution in [0.25, 0.3) is 0 Å². The smallest absolute Gasteiger partial charge is 0.0551 e. The van der Waals surface area contributed by atoms with Gasteiger partial charge in [-0.3, -0.25) is 0 Å². The Morgan fingerprint density at radius 3 is 2.75 bits per heavy atom. The van der Waals surface area contributed by atoms with Crippen molar-refractivity contribution in [3.8, 4) is 12.3 Å². The molecule has 0 nitrogen and oxygen atoms in total. The molecule has 0 aliphatic carbocycles. The molecule has 0 N–H and O–H groups in total. The number of rotatable bonds is 1. The van der Waals surface area contributed by atoms with Crippen molar-refractivity contribution in [1.29, 1.82) is 0 Å². The summed E-state index contributed by atoms with van der Waals surface area (Å²) in [4.78, 5) is 0. The van der Waals surface area contributed by atoms with Crippen LogP contribution in [-0.4, -0.2) is 0 Å². The van der Waals surface area contributed by atoms with Gasteiger partial charge in [-0.25, -0.2) is 0 Å². The fourth-order valence-electron chi connectivity index (χ4n) is 0.878. The van der Waals surface area contributed by atoms with Crippen molar-refractivity contribution in [2.45, 2.75) is 12.8 Å². The molecular weight excluding hydrogens is 235 g/mol. The minimum Gasteiger partial charge on any atom is -0.119 e. The summed E-state index contributed by atoms with van der Waals surface area (Å²) in [7, 11) is 0. The van der Waals surface area contributed by atoms with E-state index in [-0.39, 0.29) is 5.92 Å². The maximum Gasteiger partial charge on any atom is 0.0551 e. The van der Waals surface area contributed by atoms with Crippen molar-refractivity contribution < 1.29 is 0 Å². The van der Waals surface area contributed by atoms with Crippen molar-refractivity contribution in [3.05, 3.63) is 33.3 Å². The predicted molar refractivity (Wildman–Crippen MR) is 56.4 cm³/mol. The van der Waals surface area contributed by atoms with Crippen LogP contribution in [0.2, 0.25) is 5.02 Å². The first-order chi connectivity index (χ1) is 5.65. The van der Waals surface area contributed by atoms with Gasteiger partial charge in [-0.2, -0.15) is 0 Å². The molecule has 1 atom stereocenters. The van der Waals surface area contributed by atoms with Gasteiger partial charge in [0.1, 0.15) is 0 Å². The highest BCUT2D eigenvalue weighted by Crippen LogP contribution is 2.26. The number of hydrogen-bond donors (Lipinski definition) is 0. The van der Waals surface area contributed by atoms with E-state index in [4.69, 9.17) is 18.0 Å². The molecule has 2 heteroatoms. The molecule has 0 aromatic heterocycles. The van der Waals surface area contributed by atoms with Crippen LogP contribution in [0.1, 0.15) is 18.4 Å². The molecule has 0 spiro atoms. The number of hydrogen-bond acceptors (Lipinski definition) is 0. The highest BCUT2D eigenvalue weighted by molar-refractivity contribution is 9.10. The highest BCUT2D eigenvalue weighted by atomic mass is 79.9. The third-order valence-corrected chi connectivity index (χ3v) is 2.93. The molecule has 0 aliphatic rings. The van der Waals surface area contributed by atoms with Crippen LogP contribution >= 0.6 is 27.5 Å². The summed E-state index contributed by atoms with van der Waals surface area (Å²) in [6.45, 7) is 1.97. The Balaban J connectivity index is 3.06. The average molecular weight is 244 g/mol. The van der Waals surface area contributed by atoms with Crippen LogP contribution in [0.5, 0.6) is 0 Å². The molecule has 0 heterocycles. The summed E-state index contributed by atoms with van der Waals surface area (Å²) in [5.41, 5.74) is 1.07. The molecule has 1 rings (SSSR count). The summed E-state index contributed by atoms with van der Waals surface area (Å²) >= 11 is 9.22. The Bertz CT molecular complexity index is 325. The van der Waals surface area contributed by atoms with Crippen molar-refractivity contribution in [2.24, 2.45) is 0 Å². The molecule has 0 aliphatic heterocycles. The molecule has 0 saturated carbocycles. The topological polar surface area (TPSA) is 0 Å². The molecule has 0 saturated heterocycles. The second-order valence-corrected chi connectivity index (χ2v) is 3.82. The van der Waals surface area contributed by atoms with Gasteiger partial charge >= 0.3 is 0 Å². The van der Waals surface area contributed by atoms with Crippen LogP contribution in [0.4, 0.5) is 0 Å². The third kappa shape index (κ3) is 2.03. The van der Waals surface area contributed by atoms with Gasteiger partial charge < -0.3 is 0 Å². The van der Waals surface area contributed by atoms with Crippen molar-refractivity contribution in [3.63, 3.8) is 0 Å². The van der Waals surface area contributed by atoms with E-state index in [0.29, 0.717) is 5.02 Å². The van der Waals surface area contributed by atoms with Gasteiger partial charge in [0.05, 0.1) is 5.02 Å². The SMILES string of the molecule is C#CC(C)c1ccc(Br)c(Cl)c1. The van der Waals surface area contributed by atoms with Crippen LogP contribution in [0.15, 0.2) is 22.7 Å². The molecule has 0 fully saturated rings. The van der Waals surface area contributed by atoms with E-state index in [9.17, 15) is 0 Å². The second-order valence-electron chi connectivity index (χ2n) is 2.56. The van der Waals surface area contributed by atoms with Crippen LogP contribution in [0.3, 0.4) is 0 Å². The first-order valence-electron chi connectivity index (χ1n) is 3.56. The Kier molecular flexibility index (Phi) is 3.20. The Morgan fingerprint density at radius 1 is 1.58 bits per heavy atom. The van der Waals surface area contributed by atoms with Gasteiger partial charge in [0.25, 0.3) is 0 Å². The fraction of sp³-hybridized carbons (Fsp3) is 0.200. The Hall–Kier alpha value is -0.450. The van der Waals surface area contributed by atoms with E-state index < -0.39 is 0 Å².